The summed E-state index contributed by atoms with van der Waals surface area (Å²) in [5, 5.41) is 0. The molecule has 0 saturated carbocycles. The molecule has 0 spiro atoms. The van der Waals surface area contributed by atoms with Crippen molar-refractivity contribution < 1.29 is 9.63 Å². The zero-order valence-electron chi connectivity index (χ0n) is 10.2. The molecule has 0 aromatic heterocycles. The molecule has 0 saturated heterocycles. The molecule has 0 amide bonds. The summed E-state index contributed by atoms with van der Waals surface area (Å²) in [6.07, 6.45) is 2.11. The lowest BCUT2D eigenvalue weighted by atomic mass is 10.2. The van der Waals surface area contributed by atoms with Crippen molar-refractivity contribution in [2.75, 3.05) is 6.54 Å². The van der Waals surface area contributed by atoms with Gasteiger partial charge in [-0.15, -0.1) is 0 Å². The number of hydrogen-bond donors (Lipinski definition) is 2. The van der Waals surface area contributed by atoms with Crippen LogP contribution >= 0.6 is 0 Å². The highest BCUT2D eigenvalue weighted by Crippen LogP contribution is 2.01. The maximum absolute atomic E-state index is 11.5. The van der Waals surface area contributed by atoms with Gasteiger partial charge in [-0.25, -0.2) is 0 Å². The molecule has 1 aromatic rings. The summed E-state index contributed by atoms with van der Waals surface area (Å²) in [6.45, 7) is 2.62. The van der Waals surface area contributed by atoms with Gasteiger partial charge in [0.15, 0.2) is 0 Å². The van der Waals surface area contributed by atoms with Crippen molar-refractivity contribution in [2.45, 2.75) is 32.2 Å². The summed E-state index contributed by atoms with van der Waals surface area (Å²) in [5.41, 5.74) is 9.08. The summed E-state index contributed by atoms with van der Waals surface area (Å²) >= 11 is 0. The van der Waals surface area contributed by atoms with Crippen LogP contribution in [0, 0.1) is 0 Å². The van der Waals surface area contributed by atoms with E-state index in [1.165, 1.54) is 0 Å². The molecule has 3 N–H and O–H groups in total. The topological polar surface area (TPSA) is 64.3 Å². The molecule has 0 heterocycles. The van der Waals surface area contributed by atoms with E-state index in [9.17, 15) is 4.79 Å². The van der Waals surface area contributed by atoms with Crippen LogP contribution in [0.5, 0.6) is 0 Å². The third-order valence-electron chi connectivity index (χ3n) is 2.41. The number of carbonyl (C=O) groups is 1. The van der Waals surface area contributed by atoms with Gasteiger partial charge in [0.25, 0.3) is 0 Å². The van der Waals surface area contributed by atoms with Crippen molar-refractivity contribution in [1.82, 2.24) is 5.48 Å². The lowest BCUT2D eigenvalue weighted by molar-refractivity contribution is -0.152. The Morgan fingerprint density at radius 1 is 1.41 bits per heavy atom. The Morgan fingerprint density at radius 3 is 2.76 bits per heavy atom. The van der Waals surface area contributed by atoms with E-state index < -0.39 is 0 Å². The Bertz CT molecular complexity index is 327. The molecule has 0 aliphatic rings. The molecule has 4 nitrogen and oxygen atoms in total. The summed E-state index contributed by atoms with van der Waals surface area (Å²) in [6, 6.07) is 9.67. The number of nitrogens with one attached hydrogen (secondary N) is 1. The minimum Gasteiger partial charge on any atom is -0.370 e. The minimum atomic E-state index is -0.268. The Morgan fingerprint density at radius 2 is 2.12 bits per heavy atom. The van der Waals surface area contributed by atoms with Crippen molar-refractivity contribution >= 4 is 5.97 Å². The van der Waals surface area contributed by atoms with Crippen LogP contribution in [0.25, 0.3) is 0 Å². The maximum Gasteiger partial charge on any atom is 0.329 e. The van der Waals surface area contributed by atoms with Crippen LogP contribution in [-0.2, 0) is 16.1 Å². The number of hydroxylamine groups is 1. The third kappa shape index (κ3) is 6.04. The third-order valence-corrected chi connectivity index (χ3v) is 2.41. The van der Waals surface area contributed by atoms with Crippen LogP contribution in [0.3, 0.4) is 0 Å². The number of carbonyl (C=O) groups excluding carboxylic acids is 1. The first-order chi connectivity index (χ1) is 8.22. The molecule has 1 unspecified atom stereocenters. The van der Waals surface area contributed by atoms with Crippen LogP contribution in [-0.4, -0.2) is 18.6 Å². The van der Waals surface area contributed by atoms with Crippen molar-refractivity contribution in [3.05, 3.63) is 35.9 Å². The normalized spacial score (nSPS) is 12.1. The lowest BCUT2D eigenvalue weighted by Gasteiger charge is -2.12. The Hall–Kier alpha value is -1.39. The largest absolute Gasteiger partial charge is 0.370 e. The summed E-state index contributed by atoms with van der Waals surface area (Å²) < 4.78 is 0. The Labute approximate surface area is 102 Å². The first-order valence-corrected chi connectivity index (χ1v) is 5.91. The summed E-state index contributed by atoms with van der Waals surface area (Å²) in [7, 11) is 0. The average molecular weight is 236 g/mol. The van der Waals surface area contributed by atoms with Gasteiger partial charge < -0.3 is 10.6 Å². The molecule has 0 bridgehead atoms. The van der Waals surface area contributed by atoms with Gasteiger partial charge in [-0.3, -0.25) is 4.79 Å². The summed E-state index contributed by atoms with van der Waals surface area (Å²) in [5.74, 6) is -0.268. The van der Waals surface area contributed by atoms with E-state index in [1.54, 1.807) is 0 Å². The zero-order valence-corrected chi connectivity index (χ0v) is 10.2. The van der Waals surface area contributed by atoms with Gasteiger partial charge in [-0.05, 0) is 31.9 Å². The molecule has 0 fully saturated rings. The second kappa shape index (κ2) is 7.81. The van der Waals surface area contributed by atoms with Gasteiger partial charge in [-0.2, -0.15) is 5.48 Å². The molecular weight excluding hydrogens is 216 g/mol. The van der Waals surface area contributed by atoms with Crippen LogP contribution < -0.4 is 11.2 Å². The number of benzene rings is 1. The predicted molar refractivity (Wildman–Crippen MR) is 67.1 cm³/mol. The van der Waals surface area contributed by atoms with Crippen molar-refractivity contribution in [1.29, 1.82) is 0 Å². The van der Waals surface area contributed by atoms with Crippen molar-refractivity contribution in [3.8, 4) is 0 Å². The lowest BCUT2D eigenvalue weighted by Crippen LogP contribution is -2.30. The first kappa shape index (κ1) is 13.7. The van der Waals surface area contributed by atoms with Crippen molar-refractivity contribution in [3.63, 3.8) is 0 Å². The van der Waals surface area contributed by atoms with Gasteiger partial charge in [0, 0.05) is 6.04 Å². The van der Waals surface area contributed by atoms with E-state index in [2.05, 4.69) is 5.48 Å². The maximum atomic E-state index is 11.5. The quantitative estimate of drug-likeness (QED) is 0.702. The predicted octanol–water partition coefficient (Wildman–Crippen LogP) is 1.40. The average Bonchev–Trinajstić information content (AvgIpc) is 2.35. The molecule has 0 aliphatic carbocycles. The highest BCUT2D eigenvalue weighted by Gasteiger charge is 2.07. The fourth-order valence-electron chi connectivity index (χ4n) is 1.45. The molecular formula is C13H20N2O2. The van der Waals surface area contributed by atoms with E-state index in [-0.39, 0.29) is 18.4 Å². The van der Waals surface area contributed by atoms with Gasteiger partial charge in [0.1, 0.15) is 0 Å². The van der Waals surface area contributed by atoms with E-state index in [0.717, 1.165) is 18.4 Å². The smallest absolute Gasteiger partial charge is 0.329 e. The summed E-state index contributed by atoms with van der Waals surface area (Å²) in [4.78, 5) is 16.5. The molecule has 0 radical (unpaired) electrons. The van der Waals surface area contributed by atoms with E-state index in [1.807, 2.05) is 37.3 Å². The van der Waals surface area contributed by atoms with Gasteiger partial charge in [-0.1, -0.05) is 30.3 Å². The van der Waals surface area contributed by atoms with Crippen LogP contribution in [0.4, 0.5) is 0 Å². The molecule has 0 aliphatic heterocycles. The fraction of sp³-hybridized carbons (Fsp3) is 0.462. The van der Waals surface area contributed by atoms with E-state index in [0.29, 0.717) is 6.54 Å². The Kier molecular flexibility index (Phi) is 6.29. The second-order valence-electron chi connectivity index (χ2n) is 4.09. The van der Waals surface area contributed by atoms with Gasteiger partial charge in [0.2, 0.25) is 0 Å². The molecule has 1 rings (SSSR count). The monoisotopic (exact) mass is 236 g/mol. The highest BCUT2D eigenvalue weighted by molar-refractivity contribution is 5.72. The number of rotatable bonds is 7. The zero-order chi connectivity index (χ0) is 12.5. The highest BCUT2D eigenvalue weighted by atomic mass is 16.7. The van der Waals surface area contributed by atoms with Gasteiger partial charge >= 0.3 is 5.97 Å². The van der Waals surface area contributed by atoms with Crippen LogP contribution in [0.1, 0.15) is 25.3 Å². The Balaban J connectivity index is 2.21. The fourth-order valence-corrected chi connectivity index (χ4v) is 1.45. The molecule has 17 heavy (non-hydrogen) atoms. The molecule has 1 aromatic carbocycles. The number of hydrogen-bond acceptors (Lipinski definition) is 4. The second-order valence-corrected chi connectivity index (χ2v) is 4.09. The van der Waals surface area contributed by atoms with E-state index in [4.69, 9.17) is 10.6 Å². The minimum absolute atomic E-state index is 0.137. The number of nitrogens with two attached hydrogens (primary N) is 1. The standard InChI is InChI=1S/C13H20N2O2/c1-11(6-5-9-14)15-17-13(16)10-12-7-3-2-4-8-12/h2-4,7-8,11,15H,5-6,9-10,14H2,1H3. The van der Waals surface area contributed by atoms with Crippen LogP contribution in [0.2, 0.25) is 0 Å². The van der Waals surface area contributed by atoms with Crippen LogP contribution in [0.15, 0.2) is 30.3 Å². The van der Waals surface area contributed by atoms with Crippen molar-refractivity contribution in [2.24, 2.45) is 5.73 Å². The first-order valence-electron chi connectivity index (χ1n) is 5.91. The molecule has 4 heteroatoms. The molecule has 94 valence electrons. The molecule has 1 atom stereocenters. The van der Waals surface area contributed by atoms with E-state index >= 15 is 0 Å². The van der Waals surface area contributed by atoms with Gasteiger partial charge in [0.05, 0.1) is 6.42 Å². The SMILES string of the molecule is CC(CCCN)NOC(=O)Cc1ccccc1.